The molecule has 0 radical (unpaired) electrons. The number of halogens is 1. The number of anilines is 2. The normalized spacial score (nSPS) is 10.1. The molecule has 0 saturated heterocycles. The molecule has 0 aliphatic carbocycles. The second-order valence-corrected chi connectivity index (χ2v) is 4.62. The van der Waals surface area contributed by atoms with Crippen LogP contribution in [0, 0.1) is 0 Å². The van der Waals surface area contributed by atoms with Gasteiger partial charge in [0, 0.05) is 10.2 Å². The van der Waals surface area contributed by atoms with Gasteiger partial charge in [-0.15, -0.1) is 0 Å². The molecule has 2 rings (SSSR count). The van der Waals surface area contributed by atoms with E-state index in [1.807, 2.05) is 0 Å². The third-order valence-electron chi connectivity index (χ3n) is 2.41. The number of aromatic hydroxyl groups is 1. The summed E-state index contributed by atoms with van der Waals surface area (Å²) < 4.78 is 0.805. The summed E-state index contributed by atoms with van der Waals surface area (Å²) in [6, 6.07) is 11.5. The lowest BCUT2D eigenvalue weighted by atomic mass is 10.1. The van der Waals surface area contributed by atoms with E-state index in [2.05, 4.69) is 21.2 Å². The van der Waals surface area contributed by atoms with Crippen molar-refractivity contribution in [2.45, 2.75) is 0 Å². The molecular formula is C13H11BrN2O2. The van der Waals surface area contributed by atoms with Crippen LogP contribution < -0.4 is 11.1 Å². The first-order valence-corrected chi connectivity index (χ1v) is 6.01. The first-order chi connectivity index (χ1) is 8.58. The number of rotatable bonds is 2. The van der Waals surface area contributed by atoms with E-state index in [4.69, 9.17) is 5.73 Å². The van der Waals surface area contributed by atoms with Crippen LogP contribution in [0.5, 0.6) is 5.75 Å². The van der Waals surface area contributed by atoms with Crippen molar-refractivity contribution < 1.29 is 9.90 Å². The maximum atomic E-state index is 12.0. The number of hydrogen-bond donors (Lipinski definition) is 3. The maximum Gasteiger partial charge on any atom is 0.257 e. The summed E-state index contributed by atoms with van der Waals surface area (Å²) in [6.45, 7) is 0. The van der Waals surface area contributed by atoms with Crippen molar-refractivity contribution in [3.63, 3.8) is 0 Å². The number of nitrogens with one attached hydrogen (secondary N) is 1. The lowest BCUT2D eigenvalue weighted by Gasteiger charge is -2.09. The van der Waals surface area contributed by atoms with E-state index in [1.54, 1.807) is 36.4 Å². The van der Waals surface area contributed by atoms with Crippen LogP contribution in [0.15, 0.2) is 46.9 Å². The molecule has 0 fully saturated rings. The molecule has 0 aliphatic heterocycles. The van der Waals surface area contributed by atoms with Gasteiger partial charge in [0.1, 0.15) is 5.75 Å². The van der Waals surface area contributed by atoms with Crippen LogP contribution in [-0.4, -0.2) is 11.0 Å². The topological polar surface area (TPSA) is 75.4 Å². The summed E-state index contributed by atoms with van der Waals surface area (Å²) >= 11 is 3.27. The number of phenols is 1. The molecule has 18 heavy (non-hydrogen) atoms. The number of phenolic OH excluding ortho intramolecular Hbond substituents is 1. The Hall–Kier alpha value is -2.01. The first kappa shape index (κ1) is 12.4. The average Bonchev–Trinajstić information content (AvgIpc) is 2.32. The van der Waals surface area contributed by atoms with Gasteiger partial charge < -0.3 is 16.2 Å². The van der Waals surface area contributed by atoms with Crippen LogP contribution in [0.25, 0.3) is 0 Å². The summed E-state index contributed by atoms with van der Waals surface area (Å²) in [5.41, 5.74) is 6.85. The van der Waals surface area contributed by atoms with Crippen molar-refractivity contribution in [2.24, 2.45) is 0 Å². The highest BCUT2D eigenvalue weighted by molar-refractivity contribution is 9.10. The van der Waals surface area contributed by atoms with Crippen LogP contribution in [-0.2, 0) is 0 Å². The van der Waals surface area contributed by atoms with Gasteiger partial charge in [0.25, 0.3) is 5.91 Å². The minimum Gasteiger partial charge on any atom is -0.506 e. The fourth-order valence-electron chi connectivity index (χ4n) is 1.51. The molecule has 0 heterocycles. The Labute approximate surface area is 113 Å². The van der Waals surface area contributed by atoms with Gasteiger partial charge in [-0.3, -0.25) is 4.79 Å². The van der Waals surface area contributed by atoms with Crippen molar-refractivity contribution in [3.05, 3.63) is 52.5 Å². The van der Waals surface area contributed by atoms with Gasteiger partial charge in [-0.2, -0.15) is 0 Å². The van der Waals surface area contributed by atoms with E-state index >= 15 is 0 Å². The molecule has 2 aromatic rings. The number of hydrogen-bond acceptors (Lipinski definition) is 3. The van der Waals surface area contributed by atoms with Crippen LogP contribution in [0.2, 0.25) is 0 Å². The minimum absolute atomic E-state index is 0.0153. The van der Waals surface area contributed by atoms with Gasteiger partial charge >= 0.3 is 0 Å². The minimum atomic E-state index is -0.360. The molecule has 0 saturated carbocycles. The fourth-order valence-corrected chi connectivity index (χ4v) is 1.89. The van der Waals surface area contributed by atoms with Crippen LogP contribution in [0.3, 0.4) is 0 Å². The Morgan fingerprint density at radius 3 is 2.61 bits per heavy atom. The number of benzene rings is 2. The Balaban J connectivity index is 2.25. The van der Waals surface area contributed by atoms with Crippen molar-refractivity contribution in [1.29, 1.82) is 0 Å². The predicted molar refractivity (Wildman–Crippen MR) is 74.6 cm³/mol. The molecule has 0 bridgehead atoms. The lowest BCUT2D eigenvalue weighted by Crippen LogP contribution is -2.14. The largest absolute Gasteiger partial charge is 0.506 e. The number of carbonyl (C=O) groups excluding carboxylic acids is 1. The number of nitrogen functional groups attached to an aromatic ring is 1. The van der Waals surface area contributed by atoms with Crippen molar-refractivity contribution in [2.75, 3.05) is 11.1 Å². The molecule has 0 spiro atoms. The standard InChI is InChI=1S/C13H11BrN2O2/c14-8-5-6-9(10(15)7-8)13(18)16-11-3-1-2-4-12(11)17/h1-7,17H,15H2,(H,16,18). The van der Waals surface area contributed by atoms with E-state index in [1.165, 1.54) is 6.07 Å². The third-order valence-corrected chi connectivity index (χ3v) is 2.90. The van der Waals surface area contributed by atoms with Crippen LogP contribution in [0.4, 0.5) is 11.4 Å². The van der Waals surface area contributed by atoms with Crippen molar-refractivity contribution in [1.82, 2.24) is 0 Å². The zero-order valence-electron chi connectivity index (χ0n) is 9.35. The summed E-state index contributed by atoms with van der Waals surface area (Å²) in [6.07, 6.45) is 0. The lowest BCUT2D eigenvalue weighted by molar-refractivity contribution is 0.102. The van der Waals surface area contributed by atoms with Gasteiger partial charge in [-0.25, -0.2) is 0 Å². The zero-order chi connectivity index (χ0) is 13.1. The Bertz CT molecular complexity index is 599. The molecule has 4 nitrogen and oxygen atoms in total. The van der Waals surface area contributed by atoms with E-state index in [9.17, 15) is 9.90 Å². The molecule has 1 amide bonds. The zero-order valence-corrected chi connectivity index (χ0v) is 10.9. The van der Waals surface area contributed by atoms with E-state index in [0.717, 1.165) is 4.47 Å². The van der Waals surface area contributed by atoms with Crippen LogP contribution in [0.1, 0.15) is 10.4 Å². The van der Waals surface area contributed by atoms with E-state index in [-0.39, 0.29) is 11.7 Å². The molecule has 92 valence electrons. The molecule has 0 aromatic heterocycles. The second-order valence-electron chi connectivity index (χ2n) is 3.70. The fraction of sp³-hybridized carbons (Fsp3) is 0. The molecule has 4 N–H and O–H groups in total. The van der Waals surface area contributed by atoms with Crippen LogP contribution >= 0.6 is 15.9 Å². The van der Waals surface area contributed by atoms with Gasteiger partial charge in [0.2, 0.25) is 0 Å². The van der Waals surface area contributed by atoms with E-state index in [0.29, 0.717) is 16.9 Å². The summed E-state index contributed by atoms with van der Waals surface area (Å²) in [5, 5.41) is 12.2. The highest BCUT2D eigenvalue weighted by Gasteiger charge is 2.11. The first-order valence-electron chi connectivity index (χ1n) is 5.22. The van der Waals surface area contributed by atoms with Gasteiger partial charge in [-0.1, -0.05) is 28.1 Å². The molecule has 0 atom stereocenters. The van der Waals surface area contributed by atoms with Crippen molar-refractivity contribution >= 4 is 33.2 Å². The maximum absolute atomic E-state index is 12.0. The third kappa shape index (κ3) is 2.62. The van der Waals surface area contributed by atoms with E-state index < -0.39 is 0 Å². The summed E-state index contributed by atoms with van der Waals surface area (Å²) in [7, 11) is 0. The SMILES string of the molecule is Nc1cc(Br)ccc1C(=O)Nc1ccccc1O. The molecular weight excluding hydrogens is 296 g/mol. The van der Waals surface area contributed by atoms with Gasteiger partial charge in [-0.05, 0) is 30.3 Å². The molecule has 0 aliphatic rings. The number of para-hydroxylation sites is 2. The van der Waals surface area contributed by atoms with Gasteiger partial charge in [0.15, 0.2) is 0 Å². The monoisotopic (exact) mass is 306 g/mol. The number of amides is 1. The highest BCUT2D eigenvalue weighted by atomic mass is 79.9. The smallest absolute Gasteiger partial charge is 0.257 e. The Morgan fingerprint density at radius 2 is 1.94 bits per heavy atom. The van der Waals surface area contributed by atoms with Crippen molar-refractivity contribution in [3.8, 4) is 5.75 Å². The van der Waals surface area contributed by atoms with Gasteiger partial charge in [0.05, 0.1) is 11.3 Å². The predicted octanol–water partition coefficient (Wildman–Crippen LogP) is 2.99. The highest BCUT2D eigenvalue weighted by Crippen LogP contribution is 2.24. The quantitative estimate of drug-likeness (QED) is 0.590. The Morgan fingerprint density at radius 1 is 1.22 bits per heavy atom. The summed E-state index contributed by atoms with van der Waals surface area (Å²) in [5.74, 6) is -0.344. The number of carbonyl (C=O) groups is 1. The average molecular weight is 307 g/mol. The Kier molecular flexibility index (Phi) is 3.53. The molecule has 0 unspecified atom stereocenters. The molecule has 2 aromatic carbocycles. The molecule has 5 heteroatoms. The summed E-state index contributed by atoms with van der Waals surface area (Å²) in [4.78, 5) is 12.0. The number of nitrogens with two attached hydrogens (primary N) is 1. The second kappa shape index (κ2) is 5.10.